The van der Waals surface area contributed by atoms with Gasteiger partial charge in [-0.25, -0.2) is 0 Å². The Labute approximate surface area is 96.0 Å². The van der Waals surface area contributed by atoms with Gasteiger partial charge in [0.25, 0.3) is 0 Å². The fraction of sp³-hybridized carbons (Fsp3) is 0.909. The molecule has 2 fully saturated rings. The second-order valence-corrected chi connectivity index (χ2v) is 5.92. The number of thioether (sulfide) groups is 1. The first-order chi connectivity index (χ1) is 7.17. The summed E-state index contributed by atoms with van der Waals surface area (Å²) in [6.45, 7) is 6.57. The highest BCUT2D eigenvalue weighted by Gasteiger charge is 2.49. The predicted octanol–water partition coefficient (Wildman–Crippen LogP) is 0.414. The first kappa shape index (κ1) is 11.3. The summed E-state index contributed by atoms with van der Waals surface area (Å²) in [5.74, 6) is 1.04. The van der Waals surface area contributed by atoms with Crippen LogP contribution in [0.2, 0.25) is 0 Å². The summed E-state index contributed by atoms with van der Waals surface area (Å²) in [5.41, 5.74) is 0.255. The number of carbonyl (C=O) groups is 1. The summed E-state index contributed by atoms with van der Waals surface area (Å²) in [5, 5.41) is 2.88. The quantitative estimate of drug-likeness (QED) is 0.761. The summed E-state index contributed by atoms with van der Waals surface area (Å²) in [6, 6.07) is 0. The maximum absolute atomic E-state index is 11.7. The second kappa shape index (κ2) is 4.34. The van der Waals surface area contributed by atoms with Crippen LogP contribution in [0.4, 0.5) is 0 Å². The van der Waals surface area contributed by atoms with Crippen molar-refractivity contribution >= 4 is 17.7 Å². The zero-order chi connectivity index (χ0) is 10.9. The van der Waals surface area contributed by atoms with E-state index in [1.54, 1.807) is 0 Å². The minimum Gasteiger partial charge on any atom is -0.338 e. The van der Waals surface area contributed by atoms with Gasteiger partial charge in [-0.05, 0) is 13.3 Å². The molecule has 2 saturated heterocycles. The van der Waals surface area contributed by atoms with E-state index in [2.05, 4.69) is 24.1 Å². The fourth-order valence-electron chi connectivity index (χ4n) is 2.66. The Balaban J connectivity index is 2.08. The van der Waals surface area contributed by atoms with Gasteiger partial charge in [-0.2, -0.15) is 0 Å². The number of amides is 1. The van der Waals surface area contributed by atoms with Gasteiger partial charge < -0.3 is 10.2 Å². The van der Waals surface area contributed by atoms with E-state index in [4.69, 9.17) is 0 Å². The molecule has 0 aromatic carbocycles. The third kappa shape index (κ3) is 2.02. The standard InChI is InChI=1S/C11H20N2OS/c1-3-4-5-11(2)10-13(7-6-12-11)9(14)8-15-10/h10,12H,3-8H2,1-2H3/p+1/t10-,11+/m1/s1. The van der Waals surface area contributed by atoms with E-state index in [9.17, 15) is 4.79 Å². The molecule has 0 saturated carbocycles. The van der Waals surface area contributed by atoms with Gasteiger partial charge in [0.15, 0.2) is 0 Å². The van der Waals surface area contributed by atoms with Gasteiger partial charge in [0.1, 0.15) is 10.9 Å². The topological polar surface area (TPSA) is 36.9 Å². The van der Waals surface area contributed by atoms with E-state index in [1.165, 1.54) is 19.3 Å². The van der Waals surface area contributed by atoms with E-state index >= 15 is 0 Å². The van der Waals surface area contributed by atoms with Crippen LogP contribution in [0.25, 0.3) is 0 Å². The molecule has 0 spiro atoms. The van der Waals surface area contributed by atoms with Gasteiger partial charge in [-0.15, -0.1) is 11.8 Å². The van der Waals surface area contributed by atoms with Crippen LogP contribution in [0, 0.1) is 0 Å². The molecule has 15 heavy (non-hydrogen) atoms. The third-order valence-electron chi connectivity index (χ3n) is 3.58. The molecule has 4 heteroatoms. The predicted molar refractivity (Wildman–Crippen MR) is 62.7 cm³/mol. The van der Waals surface area contributed by atoms with Crippen molar-refractivity contribution in [3.8, 4) is 0 Å². The number of unbranched alkanes of at least 4 members (excludes halogenated alkanes) is 1. The monoisotopic (exact) mass is 229 g/mol. The summed E-state index contributed by atoms with van der Waals surface area (Å²) in [7, 11) is 0. The molecule has 1 amide bonds. The van der Waals surface area contributed by atoms with Crippen LogP contribution in [0.1, 0.15) is 33.1 Å². The van der Waals surface area contributed by atoms with E-state index in [-0.39, 0.29) is 5.54 Å². The minimum absolute atomic E-state index is 0.255. The van der Waals surface area contributed by atoms with Gasteiger partial charge in [-0.3, -0.25) is 4.79 Å². The number of rotatable bonds is 3. The Hall–Kier alpha value is -0.220. The van der Waals surface area contributed by atoms with E-state index in [0.29, 0.717) is 17.0 Å². The van der Waals surface area contributed by atoms with Gasteiger partial charge in [0, 0.05) is 6.42 Å². The lowest BCUT2D eigenvalue weighted by atomic mass is 9.92. The SMILES string of the molecule is CCCC[C@]1(C)[NH2+]CCN2C(=O)CS[C@@H]21. The smallest absolute Gasteiger partial charge is 0.233 e. The molecular weight excluding hydrogens is 208 g/mol. The first-order valence-electron chi connectivity index (χ1n) is 5.93. The zero-order valence-electron chi connectivity index (χ0n) is 9.66. The first-order valence-corrected chi connectivity index (χ1v) is 6.98. The number of quaternary nitrogens is 1. The van der Waals surface area contributed by atoms with Gasteiger partial charge in [0.05, 0.1) is 18.8 Å². The Bertz CT molecular complexity index is 259. The number of carbonyl (C=O) groups excluding carboxylic acids is 1. The lowest BCUT2D eigenvalue weighted by Gasteiger charge is -2.41. The summed E-state index contributed by atoms with van der Waals surface area (Å²) in [6.07, 6.45) is 3.74. The highest BCUT2D eigenvalue weighted by molar-refractivity contribution is 8.01. The molecule has 0 aromatic rings. The molecule has 2 aliphatic rings. The van der Waals surface area contributed by atoms with Crippen molar-refractivity contribution in [3.63, 3.8) is 0 Å². The van der Waals surface area contributed by atoms with E-state index in [0.717, 1.165) is 13.1 Å². The largest absolute Gasteiger partial charge is 0.338 e. The average molecular weight is 229 g/mol. The molecule has 3 nitrogen and oxygen atoms in total. The Morgan fingerprint density at radius 1 is 1.67 bits per heavy atom. The maximum Gasteiger partial charge on any atom is 0.233 e. The lowest BCUT2D eigenvalue weighted by Crippen LogP contribution is -3.02. The maximum atomic E-state index is 11.7. The molecule has 2 rings (SSSR count). The molecule has 2 heterocycles. The van der Waals surface area contributed by atoms with Crippen molar-refractivity contribution in [1.82, 2.24) is 4.90 Å². The van der Waals surface area contributed by atoms with Crippen molar-refractivity contribution in [1.29, 1.82) is 0 Å². The van der Waals surface area contributed by atoms with Crippen LogP contribution in [-0.4, -0.2) is 40.6 Å². The van der Waals surface area contributed by atoms with Crippen molar-refractivity contribution in [3.05, 3.63) is 0 Å². The molecule has 2 atom stereocenters. The molecular formula is C11H21N2OS+. The summed E-state index contributed by atoms with van der Waals surface area (Å²) >= 11 is 1.84. The van der Waals surface area contributed by atoms with Crippen molar-refractivity contribution in [2.24, 2.45) is 0 Å². The molecule has 0 radical (unpaired) electrons. The number of hydrogen-bond donors (Lipinski definition) is 1. The molecule has 0 aromatic heterocycles. The molecule has 2 N–H and O–H groups in total. The van der Waals surface area contributed by atoms with Crippen LogP contribution >= 0.6 is 11.8 Å². The number of hydrogen-bond acceptors (Lipinski definition) is 2. The zero-order valence-corrected chi connectivity index (χ0v) is 10.5. The minimum atomic E-state index is 0.255. The fourth-order valence-corrected chi connectivity index (χ4v) is 4.12. The van der Waals surface area contributed by atoms with Gasteiger partial charge in [0.2, 0.25) is 5.91 Å². The van der Waals surface area contributed by atoms with Crippen LogP contribution in [-0.2, 0) is 4.79 Å². The van der Waals surface area contributed by atoms with Crippen LogP contribution in [0.5, 0.6) is 0 Å². The van der Waals surface area contributed by atoms with Crippen LogP contribution < -0.4 is 5.32 Å². The Kier molecular flexibility index (Phi) is 3.26. The van der Waals surface area contributed by atoms with Crippen molar-refractivity contribution < 1.29 is 10.1 Å². The second-order valence-electron chi connectivity index (χ2n) is 4.85. The van der Waals surface area contributed by atoms with E-state index in [1.807, 2.05) is 11.8 Å². The van der Waals surface area contributed by atoms with Crippen molar-refractivity contribution in [2.75, 3.05) is 18.8 Å². The number of nitrogens with zero attached hydrogens (tertiary/aromatic N) is 1. The van der Waals surface area contributed by atoms with Crippen LogP contribution in [0.15, 0.2) is 0 Å². The number of piperazine rings is 1. The highest BCUT2D eigenvalue weighted by Crippen LogP contribution is 2.34. The lowest BCUT2D eigenvalue weighted by molar-refractivity contribution is -0.735. The highest BCUT2D eigenvalue weighted by atomic mass is 32.2. The van der Waals surface area contributed by atoms with Crippen LogP contribution in [0.3, 0.4) is 0 Å². The molecule has 86 valence electrons. The Morgan fingerprint density at radius 3 is 3.20 bits per heavy atom. The average Bonchev–Trinajstić information content (AvgIpc) is 2.60. The number of nitrogens with two attached hydrogens (primary N) is 1. The summed E-state index contributed by atoms with van der Waals surface area (Å²) < 4.78 is 0. The summed E-state index contributed by atoms with van der Waals surface area (Å²) in [4.78, 5) is 13.8. The molecule has 0 aliphatic carbocycles. The molecule has 0 unspecified atom stereocenters. The van der Waals surface area contributed by atoms with Gasteiger partial charge >= 0.3 is 0 Å². The number of fused-ring (bicyclic) bond motifs is 1. The van der Waals surface area contributed by atoms with Crippen molar-refractivity contribution in [2.45, 2.75) is 44.0 Å². The normalized spacial score (nSPS) is 35.7. The third-order valence-corrected chi connectivity index (χ3v) is 5.10. The molecule has 2 aliphatic heterocycles. The Morgan fingerprint density at radius 2 is 2.47 bits per heavy atom. The van der Waals surface area contributed by atoms with E-state index < -0.39 is 0 Å². The van der Waals surface area contributed by atoms with Gasteiger partial charge in [-0.1, -0.05) is 13.3 Å². The molecule has 0 bridgehead atoms.